The van der Waals surface area contributed by atoms with E-state index < -0.39 is 0 Å². The van der Waals surface area contributed by atoms with Crippen LogP contribution in [0.1, 0.15) is 22.3 Å². The van der Waals surface area contributed by atoms with Gasteiger partial charge in [0.05, 0.1) is 22.9 Å². The SMILES string of the molecule is O=C(NCCCc1ccncc1)c1ccnc2nc(-c3ccoc3)[nH]c12. The third-order valence-corrected chi connectivity index (χ3v) is 4.11. The van der Waals surface area contributed by atoms with Gasteiger partial charge in [-0.3, -0.25) is 9.78 Å². The molecule has 130 valence electrons. The highest BCUT2D eigenvalue weighted by molar-refractivity contribution is 6.04. The Hall–Kier alpha value is -3.48. The van der Waals surface area contributed by atoms with Gasteiger partial charge in [-0.15, -0.1) is 0 Å². The van der Waals surface area contributed by atoms with Crippen LogP contribution in [0.5, 0.6) is 0 Å². The number of pyridine rings is 2. The highest BCUT2D eigenvalue weighted by Crippen LogP contribution is 2.21. The molecular formula is C19H17N5O2. The molecule has 4 rings (SSSR count). The molecule has 26 heavy (non-hydrogen) atoms. The molecule has 0 spiro atoms. The molecule has 0 bridgehead atoms. The summed E-state index contributed by atoms with van der Waals surface area (Å²) in [5.74, 6) is 0.480. The van der Waals surface area contributed by atoms with E-state index in [0.717, 1.165) is 18.4 Å². The summed E-state index contributed by atoms with van der Waals surface area (Å²) < 4.78 is 5.08. The molecular weight excluding hydrogens is 330 g/mol. The number of hydrogen-bond acceptors (Lipinski definition) is 5. The van der Waals surface area contributed by atoms with Crippen LogP contribution in [0.2, 0.25) is 0 Å². The predicted octanol–water partition coefficient (Wildman–Crippen LogP) is 2.98. The summed E-state index contributed by atoms with van der Waals surface area (Å²) in [6.45, 7) is 0.591. The summed E-state index contributed by atoms with van der Waals surface area (Å²) in [5, 5.41) is 2.96. The van der Waals surface area contributed by atoms with E-state index in [1.165, 1.54) is 5.56 Å². The van der Waals surface area contributed by atoms with Gasteiger partial charge in [-0.2, -0.15) is 0 Å². The largest absolute Gasteiger partial charge is 0.472 e. The maximum absolute atomic E-state index is 12.6. The number of aryl methyl sites for hydroxylation is 1. The van der Waals surface area contributed by atoms with E-state index in [9.17, 15) is 4.79 Å². The average Bonchev–Trinajstić information content (AvgIpc) is 3.34. The van der Waals surface area contributed by atoms with Crippen molar-refractivity contribution in [1.29, 1.82) is 0 Å². The van der Waals surface area contributed by atoms with Crippen molar-refractivity contribution in [3.63, 3.8) is 0 Å². The second kappa shape index (κ2) is 7.18. The number of aromatic nitrogens is 4. The van der Waals surface area contributed by atoms with Crippen LogP contribution < -0.4 is 5.32 Å². The lowest BCUT2D eigenvalue weighted by molar-refractivity contribution is 0.0954. The molecule has 0 aliphatic rings. The van der Waals surface area contributed by atoms with E-state index in [1.807, 2.05) is 12.1 Å². The third kappa shape index (κ3) is 3.32. The van der Waals surface area contributed by atoms with E-state index in [1.54, 1.807) is 43.2 Å². The number of nitrogens with one attached hydrogen (secondary N) is 2. The van der Waals surface area contributed by atoms with Crippen LogP contribution in [-0.4, -0.2) is 32.4 Å². The van der Waals surface area contributed by atoms with Crippen molar-refractivity contribution in [2.45, 2.75) is 12.8 Å². The first-order valence-corrected chi connectivity index (χ1v) is 8.35. The number of rotatable bonds is 6. The molecule has 4 aromatic heterocycles. The summed E-state index contributed by atoms with van der Waals surface area (Å²) in [7, 11) is 0. The minimum Gasteiger partial charge on any atom is -0.472 e. The Balaban J connectivity index is 1.45. The maximum atomic E-state index is 12.6. The van der Waals surface area contributed by atoms with Gasteiger partial charge in [0, 0.05) is 25.1 Å². The van der Waals surface area contributed by atoms with Gasteiger partial charge < -0.3 is 14.7 Å². The lowest BCUT2D eigenvalue weighted by atomic mass is 10.1. The fraction of sp³-hybridized carbons (Fsp3) is 0.158. The van der Waals surface area contributed by atoms with Gasteiger partial charge in [-0.1, -0.05) is 0 Å². The topological polar surface area (TPSA) is 96.7 Å². The summed E-state index contributed by atoms with van der Waals surface area (Å²) in [5.41, 5.74) is 3.67. The lowest BCUT2D eigenvalue weighted by Crippen LogP contribution is -2.25. The Morgan fingerprint density at radius 1 is 1.15 bits per heavy atom. The predicted molar refractivity (Wildman–Crippen MR) is 96.5 cm³/mol. The minimum atomic E-state index is -0.144. The van der Waals surface area contributed by atoms with E-state index in [4.69, 9.17) is 4.42 Å². The highest BCUT2D eigenvalue weighted by atomic mass is 16.3. The van der Waals surface area contributed by atoms with Gasteiger partial charge in [0.25, 0.3) is 5.91 Å². The van der Waals surface area contributed by atoms with Crippen molar-refractivity contribution in [1.82, 2.24) is 25.3 Å². The number of hydrogen-bond donors (Lipinski definition) is 2. The number of fused-ring (bicyclic) bond motifs is 1. The van der Waals surface area contributed by atoms with Gasteiger partial charge in [-0.05, 0) is 42.7 Å². The molecule has 0 radical (unpaired) electrons. The zero-order chi connectivity index (χ0) is 17.8. The molecule has 0 aromatic carbocycles. The second-order valence-corrected chi connectivity index (χ2v) is 5.87. The number of furan rings is 1. The molecule has 0 aliphatic carbocycles. The Kier molecular flexibility index (Phi) is 4.42. The summed E-state index contributed by atoms with van der Waals surface area (Å²) >= 11 is 0. The van der Waals surface area contributed by atoms with Crippen LogP contribution in [0.4, 0.5) is 0 Å². The van der Waals surface area contributed by atoms with Crippen LogP contribution in [-0.2, 0) is 6.42 Å². The van der Waals surface area contributed by atoms with Crippen molar-refractivity contribution >= 4 is 17.1 Å². The Bertz CT molecular complexity index is 1010. The fourth-order valence-electron chi connectivity index (χ4n) is 2.78. The van der Waals surface area contributed by atoms with Crippen LogP contribution in [0.15, 0.2) is 59.8 Å². The number of carbonyl (C=O) groups is 1. The third-order valence-electron chi connectivity index (χ3n) is 4.11. The number of aromatic amines is 1. The van der Waals surface area contributed by atoms with E-state index in [2.05, 4.69) is 25.3 Å². The monoisotopic (exact) mass is 347 g/mol. The van der Waals surface area contributed by atoms with Crippen molar-refractivity contribution < 1.29 is 9.21 Å². The number of amides is 1. The summed E-state index contributed by atoms with van der Waals surface area (Å²) in [6.07, 6.45) is 10.1. The van der Waals surface area contributed by atoms with Crippen molar-refractivity contribution in [3.8, 4) is 11.4 Å². The van der Waals surface area contributed by atoms with Crippen LogP contribution in [0.25, 0.3) is 22.6 Å². The Labute approximate surface area is 149 Å². The zero-order valence-electron chi connectivity index (χ0n) is 14.0. The van der Waals surface area contributed by atoms with Gasteiger partial charge in [0.1, 0.15) is 12.1 Å². The molecule has 0 aliphatic heterocycles. The molecule has 0 saturated heterocycles. The van der Waals surface area contributed by atoms with Crippen molar-refractivity contribution in [3.05, 3.63) is 66.5 Å². The first-order valence-electron chi connectivity index (χ1n) is 8.35. The zero-order valence-corrected chi connectivity index (χ0v) is 14.0. The summed E-state index contributed by atoms with van der Waals surface area (Å²) in [6, 6.07) is 7.46. The Morgan fingerprint density at radius 3 is 2.85 bits per heavy atom. The molecule has 0 atom stereocenters. The number of carbonyl (C=O) groups excluding carboxylic acids is 1. The van der Waals surface area contributed by atoms with Crippen molar-refractivity contribution in [2.75, 3.05) is 6.54 Å². The van der Waals surface area contributed by atoms with Crippen LogP contribution in [0, 0.1) is 0 Å². The lowest BCUT2D eigenvalue weighted by Gasteiger charge is -2.06. The summed E-state index contributed by atoms with van der Waals surface area (Å²) in [4.78, 5) is 28.4. The standard InChI is InChI=1S/C19H17N5O2/c25-19(22-7-1-2-13-3-8-20-9-4-13)15-5-10-21-18-16(15)23-17(24-18)14-6-11-26-12-14/h3-6,8-12H,1-2,7H2,(H,22,25)(H,21,23,24). The molecule has 7 nitrogen and oxygen atoms in total. The van der Waals surface area contributed by atoms with Gasteiger partial charge in [0.15, 0.2) is 5.65 Å². The normalized spacial score (nSPS) is 10.9. The molecule has 4 aromatic rings. The first kappa shape index (κ1) is 16.0. The van der Waals surface area contributed by atoms with Crippen molar-refractivity contribution in [2.24, 2.45) is 0 Å². The molecule has 0 unspecified atom stereocenters. The fourth-order valence-corrected chi connectivity index (χ4v) is 2.78. The average molecular weight is 347 g/mol. The quantitative estimate of drug-likeness (QED) is 0.523. The second-order valence-electron chi connectivity index (χ2n) is 5.87. The highest BCUT2D eigenvalue weighted by Gasteiger charge is 2.15. The molecule has 7 heteroatoms. The van der Waals surface area contributed by atoms with Crippen LogP contribution in [0.3, 0.4) is 0 Å². The minimum absolute atomic E-state index is 0.144. The molecule has 4 heterocycles. The smallest absolute Gasteiger partial charge is 0.253 e. The van der Waals surface area contributed by atoms with E-state index in [0.29, 0.717) is 29.1 Å². The molecule has 2 N–H and O–H groups in total. The maximum Gasteiger partial charge on any atom is 0.253 e. The number of nitrogens with zero attached hydrogens (tertiary/aromatic N) is 3. The molecule has 0 fully saturated rings. The van der Waals surface area contributed by atoms with Crippen LogP contribution >= 0.6 is 0 Å². The number of H-pyrrole nitrogens is 1. The van der Waals surface area contributed by atoms with Gasteiger partial charge >= 0.3 is 0 Å². The van der Waals surface area contributed by atoms with Gasteiger partial charge in [-0.25, -0.2) is 9.97 Å². The van der Waals surface area contributed by atoms with E-state index in [-0.39, 0.29) is 5.91 Å². The van der Waals surface area contributed by atoms with Gasteiger partial charge in [0.2, 0.25) is 0 Å². The Morgan fingerprint density at radius 2 is 2.04 bits per heavy atom. The molecule has 1 amide bonds. The number of imidazole rings is 1. The molecule has 0 saturated carbocycles. The first-order chi connectivity index (χ1) is 12.8. The van der Waals surface area contributed by atoms with E-state index >= 15 is 0 Å².